The molecule has 15 nitrogen and oxygen atoms in total. The lowest BCUT2D eigenvalue weighted by molar-refractivity contribution is -0.134. The smallest absolute Gasteiger partial charge is 0.251 e. The van der Waals surface area contributed by atoms with E-state index in [2.05, 4.69) is 31.9 Å². The number of carbonyl (C=O) groups excluding carboxylic acids is 5. The van der Waals surface area contributed by atoms with Gasteiger partial charge in [0.15, 0.2) is 5.96 Å². The number of hydrogen-bond donors (Lipinski definition) is 8. The van der Waals surface area contributed by atoms with Crippen LogP contribution in [-0.2, 0) is 35.1 Å². The molecule has 1 heterocycles. The Morgan fingerprint density at radius 3 is 2.10 bits per heavy atom. The van der Waals surface area contributed by atoms with Crippen molar-refractivity contribution in [3.8, 4) is 0 Å². The van der Waals surface area contributed by atoms with Crippen molar-refractivity contribution in [3.63, 3.8) is 0 Å². The third kappa shape index (κ3) is 13.4. The van der Waals surface area contributed by atoms with Gasteiger partial charge in [-0.3, -0.25) is 29.4 Å². The molecule has 1 fully saturated rings. The first-order valence-electron chi connectivity index (χ1n) is 20.0. The summed E-state index contributed by atoms with van der Waals surface area (Å²) in [5.74, 6) is -3.47. The van der Waals surface area contributed by atoms with E-state index in [-0.39, 0.29) is 38.9 Å². The second kappa shape index (κ2) is 22.6. The fourth-order valence-electron chi connectivity index (χ4n) is 6.75. The standard InChI is InChI=1S/C44H54N8O7/c1-2-33(51-44(45)46)38-43(57)49-36(40(54)47-34-21-13-19-30-16-9-10-20-32(30)34)23-27-59-25-12-11-24-58-26-22-35(48-39(53)31-17-7-4-8-18-31)41(55)50-37(42(56)52-38)28-29-14-5-3-6-15-29/h3-10,13-21,33,35-38H,2,11-12,22-28H2,1H3,(H,47,54)(H,48,53)(H,49,57)(H,50,55)(H,52,56)(H4,45,46,51). The molecule has 0 radical (unpaired) electrons. The van der Waals surface area contributed by atoms with Gasteiger partial charge < -0.3 is 47.1 Å². The molecule has 5 unspecified atom stereocenters. The van der Waals surface area contributed by atoms with E-state index in [1.807, 2.05) is 42.5 Å². The van der Waals surface area contributed by atoms with Gasteiger partial charge in [0.25, 0.3) is 5.91 Å². The van der Waals surface area contributed by atoms with Crippen LogP contribution in [0.2, 0.25) is 0 Å². The van der Waals surface area contributed by atoms with Crippen LogP contribution in [0.4, 0.5) is 5.69 Å². The molecule has 4 aromatic rings. The number of nitrogens with one attached hydrogen (secondary N) is 7. The maximum Gasteiger partial charge on any atom is 0.251 e. The average molecular weight is 807 g/mol. The Balaban J connectivity index is 1.45. The third-order valence-corrected chi connectivity index (χ3v) is 9.95. The van der Waals surface area contributed by atoms with Crippen LogP contribution in [0.15, 0.2) is 103 Å². The molecule has 5 rings (SSSR count). The van der Waals surface area contributed by atoms with E-state index in [9.17, 15) is 24.0 Å². The van der Waals surface area contributed by atoms with Crippen molar-refractivity contribution in [3.05, 3.63) is 114 Å². The van der Waals surface area contributed by atoms with Crippen LogP contribution in [0, 0.1) is 5.41 Å². The molecule has 1 saturated heterocycles. The van der Waals surface area contributed by atoms with Crippen LogP contribution < -0.4 is 37.6 Å². The lowest BCUT2D eigenvalue weighted by atomic mass is 10.0. The van der Waals surface area contributed by atoms with E-state index in [1.54, 1.807) is 67.6 Å². The van der Waals surface area contributed by atoms with E-state index in [0.717, 1.165) is 16.3 Å². The number of rotatable bonds is 9. The molecule has 1 aliphatic rings. The molecule has 0 aliphatic carbocycles. The largest absolute Gasteiger partial charge is 0.381 e. The summed E-state index contributed by atoms with van der Waals surface area (Å²) in [6, 6.07) is 25.0. The summed E-state index contributed by atoms with van der Waals surface area (Å²) in [4.78, 5) is 70.1. The van der Waals surface area contributed by atoms with E-state index < -0.39 is 65.7 Å². The number of fused-ring (bicyclic) bond motifs is 1. The molecule has 0 spiro atoms. The number of amides is 5. The number of anilines is 1. The minimum atomic E-state index is -1.37. The van der Waals surface area contributed by atoms with Crippen LogP contribution in [0.3, 0.4) is 0 Å². The molecule has 1 aliphatic heterocycles. The lowest BCUT2D eigenvalue weighted by Gasteiger charge is -2.31. The maximum absolute atomic E-state index is 14.4. The van der Waals surface area contributed by atoms with Crippen molar-refractivity contribution < 1.29 is 33.4 Å². The van der Waals surface area contributed by atoms with Crippen molar-refractivity contribution in [1.29, 1.82) is 5.41 Å². The molecule has 5 atom stereocenters. The summed E-state index contributed by atoms with van der Waals surface area (Å²) >= 11 is 0. The highest BCUT2D eigenvalue weighted by atomic mass is 16.5. The molecular formula is C44H54N8O7. The van der Waals surface area contributed by atoms with Gasteiger partial charge in [-0.2, -0.15) is 0 Å². The van der Waals surface area contributed by atoms with Gasteiger partial charge in [0.2, 0.25) is 23.6 Å². The second-order valence-electron chi connectivity index (χ2n) is 14.3. The first-order valence-corrected chi connectivity index (χ1v) is 20.0. The highest BCUT2D eigenvalue weighted by Gasteiger charge is 2.35. The Morgan fingerprint density at radius 2 is 1.41 bits per heavy atom. The molecule has 5 amide bonds. The highest BCUT2D eigenvalue weighted by molar-refractivity contribution is 6.05. The Labute approximate surface area is 344 Å². The van der Waals surface area contributed by atoms with Gasteiger partial charge in [-0.25, -0.2) is 0 Å². The summed E-state index contributed by atoms with van der Waals surface area (Å²) < 4.78 is 11.7. The Kier molecular flexibility index (Phi) is 16.8. The molecule has 312 valence electrons. The van der Waals surface area contributed by atoms with Gasteiger partial charge >= 0.3 is 0 Å². The number of ether oxygens (including phenoxy) is 2. The Hall–Kier alpha value is -6.32. The predicted octanol–water partition coefficient (Wildman–Crippen LogP) is 3.14. The van der Waals surface area contributed by atoms with Gasteiger partial charge in [-0.1, -0.05) is 91.9 Å². The van der Waals surface area contributed by atoms with Gasteiger partial charge in [-0.05, 0) is 61.3 Å². The molecule has 59 heavy (non-hydrogen) atoms. The highest BCUT2D eigenvalue weighted by Crippen LogP contribution is 2.23. The third-order valence-electron chi connectivity index (χ3n) is 9.95. The molecule has 0 bridgehead atoms. The average Bonchev–Trinajstić information content (AvgIpc) is 3.24. The quantitative estimate of drug-likeness (QED) is 0.0918. The van der Waals surface area contributed by atoms with E-state index in [1.165, 1.54) is 0 Å². The topological polar surface area (TPSA) is 226 Å². The Bertz CT molecular complexity index is 2030. The van der Waals surface area contributed by atoms with Gasteiger partial charge in [0.05, 0.1) is 6.04 Å². The zero-order valence-electron chi connectivity index (χ0n) is 33.2. The maximum atomic E-state index is 14.4. The monoisotopic (exact) mass is 806 g/mol. The summed E-state index contributed by atoms with van der Waals surface area (Å²) in [6.07, 6.45) is 1.80. The second-order valence-corrected chi connectivity index (χ2v) is 14.3. The van der Waals surface area contributed by atoms with Crippen molar-refractivity contribution >= 4 is 52.0 Å². The van der Waals surface area contributed by atoms with Crippen LogP contribution >= 0.6 is 0 Å². The van der Waals surface area contributed by atoms with Crippen molar-refractivity contribution in [2.75, 3.05) is 31.7 Å². The number of hydrogen-bond acceptors (Lipinski definition) is 8. The Morgan fingerprint density at radius 1 is 0.763 bits per heavy atom. The number of benzene rings is 4. The molecule has 0 saturated carbocycles. The van der Waals surface area contributed by atoms with Gasteiger partial charge in [0, 0.05) is 49.5 Å². The normalized spacial score (nSPS) is 20.8. The minimum absolute atomic E-state index is 0.0347. The SMILES string of the molecule is CCC(NC(=N)N)C1NC(=O)C(Cc2ccccc2)NC(=O)C(NC(=O)c2ccccc2)CCOCCCCOCCC(C(=O)Nc2cccc3ccccc23)NC1=O. The van der Waals surface area contributed by atoms with Crippen LogP contribution in [0.25, 0.3) is 10.8 Å². The predicted molar refractivity (Wildman–Crippen MR) is 225 cm³/mol. The van der Waals surface area contributed by atoms with Crippen molar-refractivity contribution in [2.45, 2.75) is 75.7 Å². The van der Waals surface area contributed by atoms with Crippen LogP contribution in [0.5, 0.6) is 0 Å². The number of nitrogens with two attached hydrogens (primary N) is 1. The van der Waals surface area contributed by atoms with Crippen LogP contribution in [-0.4, -0.2) is 92.1 Å². The molecule has 4 aromatic carbocycles. The van der Waals surface area contributed by atoms with E-state index >= 15 is 0 Å². The zero-order chi connectivity index (χ0) is 42.0. The zero-order valence-corrected chi connectivity index (χ0v) is 33.2. The summed E-state index contributed by atoms with van der Waals surface area (Å²) in [5, 5.41) is 26.7. The van der Waals surface area contributed by atoms with Crippen molar-refractivity contribution in [2.24, 2.45) is 5.73 Å². The fourth-order valence-corrected chi connectivity index (χ4v) is 6.75. The van der Waals surface area contributed by atoms with E-state index in [4.69, 9.17) is 20.6 Å². The number of guanidine groups is 1. The van der Waals surface area contributed by atoms with Gasteiger partial charge in [0.1, 0.15) is 24.2 Å². The summed E-state index contributed by atoms with van der Waals surface area (Å²) in [7, 11) is 0. The minimum Gasteiger partial charge on any atom is -0.381 e. The fraction of sp³-hybridized carbons (Fsp3) is 0.364. The summed E-state index contributed by atoms with van der Waals surface area (Å²) in [6.45, 7) is 2.79. The van der Waals surface area contributed by atoms with Crippen LogP contribution in [0.1, 0.15) is 54.9 Å². The lowest BCUT2D eigenvalue weighted by Crippen LogP contribution is -2.64. The van der Waals surface area contributed by atoms with Gasteiger partial charge in [-0.15, -0.1) is 0 Å². The molecule has 9 N–H and O–H groups in total. The number of carbonyl (C=O) groups is 5. The molecule has 15 heteroatoms. The summed E-state index contributed by atoms with van der Waals surface area (Å²) in [5.41, 5.74) is 7.38. The molecule has 0 aromatic heterocycles. The first kappa shape index (κ1) is 43.8. The molecular weight excluding hydrogens is 753 g/mol. The van der Waals surface area contributed by atoms with Crippen molar-refractivity contribution in [1.82, 2.24) is 26.6 Å². The van der Waals surface area contributed by atoms with E-state index in [0.29, 0.717) is 37.3 Å². The first-order chi connectivity index (χ1) is 28.6.